The first-order valence-electron chi connectivity index (χ1n) is 5.01. The lowest BCUT2D eigenvalue weighted by atomic mass is 9.96. The zero-order valence-corrected chi connectivity index (χ0v) is 8.93. The normalized spacial score (nSPS) is 12.5. The summed E-state index contributed by atoms with van der Waals surface area (Å²) in [6, 6.07) is 0. The molecule has 0 spiro atoms. The minimum atomic E-state index is -0.0517. The highest BCUT2D eigenvalue weighted by Gasteiger charge is 2.22. The highest BCUT2D eigenvalue weighted by atomic mass is 16.5. The average molecular weight is 173 g/mol. The molecule has 0 saturated carbocycles. The Morgan fingerprint density at radius 1 is 1.17 bits per heavy atom. The van der Waals surface area contributed by atoms with Crippen molar-refractivity contribution in [1.82, 2.24) is 5.06 Å². The summed E-state index contributed by atoms with van der Waals surface area (Å²) < 4.78 is 0. The Balaban J connectivity index is 3.70. The lowest BCUT2D eigenvalue weighted by Crippen LogP contribution is -2.41. The maximum Gasteiger partial charge on any atom is 0.0404 e. The van der Waals surface area contributed by atoms with Gasteiger partial charge < -0.3 is 5.21 Å². The molecule has 0 fully saturated rings. The molecular weight excluding hydrogens is 150 g/mol. The average Bonchev–Trinajstić information content (AvgIpc) is 2.03. The second-order valence-electron chi connectivity index (χ2n) is 3.99. The lowest BCUT2D eigenvalue weighted by Gasteiger charge is -2.32. The van der Waals surface area contributed by atoms with Crippen LogP contribution in [0.2, 0.25) is 0 Å². The molecular formula is C10H23NO. The molecule has 2 nitrogen and oxygen atoms in total. The minimum Gasteiger partial charge on any atom is -0.313 e. The quantitative estimate of drug-likeness (QED) is 0.493. The van der Waals surface area contributed by atoms with Crippen molar-refractivity contribution >= 4 is 0 Å². The smallest absolute Gasteiger partial charge is 0.0404 e. The predicted molar refractivity (Wildman–Crippen MR) is 52.4 cm³/mol. The third-order valence-electron chi connectivity index (χ3n) is 2.39. The number of unbranched alkanes of at least 4 members (excludes halogenated alkanes) is 2. The zero-order valence-electron chi connectivity index (χ0n) is 8.93. The molecule has 0 aliphatic carbocycles. The van der Waals surface area contributed by atoms with E-state index in [1.54, 1.807) is 0 Å². The Kier molecular flexibility index (Phi) is 5.51. The van der Waals surface area contributed by atoms with Gasteiger partial charge in [-0.05, 0) is 20.3 Å². The van der Waals surface area contributed by atoms with E-state index >= 15 is 0 Å². The van der Waals surface area contributed by atoms with Crippen LogP contribution in [0.25, 0.3) is 0 Å². The Morgan fingerprint density at radius 3 is 2.17 bits per heavy atom. The van der Waals surface area contributed by atoms with E-state index in [2.05, 4.69) is 20.8 Å². The summed E-state index contributed by atoms with van der Waals surface area (Å²) in [5, 5.41) is 11.0. The predicted octanol–water partition coefficient (Wildman–Crippen LogP) is 3.06. The van der Waals surface area contributed by atoms with Crippen LogP contribution in [0.15, 0.2) is 0 Å². The number of hydrogen-bond acceptors (Lipinski definition) is 2. The van der Waals surface area contributed by atoms with Crippen LogP contribution >= 0.6 is 0 Å². The van der Waals surface area contributed by atoms with Crippen molar-refractivity contribution in [2.75, 3.05) is 6.54 Å². The molecule has 0 aromatic heterocycles. The van der Waals surface area contributed by atoms with Gasteiger partial charge in [0.2, 0.25) is 0 Å². The fraction of sp³-hybridized carbons (Fsp3) is 1.00. The van der Waals surface area contributed by atoms with Crippen LogP contribution in [0, 0.1) is 0 Å². The molecule has 2 heteroatoms. The monoisotopic (exact) mass is 173 g/mol. The standard InChI is InChI=1S/C10H23NO/c1-5-7-8-9-10(3,4)11(12)6-2/h12H,5-9H2,1-4H3. The summed E-state index contributed by atoms with van der Waals surface area (Å²) in [4.78, 5) is 0. The topological polar surface area (TPSA) is 23.5 Å². The number of nitrogens with zero attached hydrogens (tertiary/aromatic N) is 1. The zero-order chi connectivity index (χ0) is 9.61. The van der Waals surface area contributed by atoms with E-state index in [-0.39, 0.29) is 5.54 Å². The van der Waals surface area contributed by atoms with Gasteiger partial charge in [-0.2, -0.15) is 5.06 Å². The van der Waals surface area contributed by atoms with Gasteiger partial charge >= 0.3 is 0 Å². The summed E-state index contributed by atoms with van der Waals surface area (Å²) >= 11 is 0. The van der Waals surface area contributed by atoms with Crippen LogP contribution in [-0.4, -0.2) is 22.4 Å². The van der Waals surface area contributed by atoms with Crippen LogP contribution in [0.3, 0.4) is 0 Å². The van der Waals surface area contributed by atoms with Gasteiger partial charge in [0.1, 0.15) is 0 Å². The highest BCUT2D eigenvalue weighted by Crippen LogP contribution is 2.19. The summed E-state index contributed by atoms with van der Waals surface area (Å²) in [5.74, 6) is 0. The summed E-state index contributed by atoms with van der Waals surface area (Å²) in [6.45, 7) is 9.06. The van der Waals surface area contributed by atoms with Crippen molar-refractivity contribution in [3.05, 3.63) is 0 Å². The maximum absolute atomic E-state index is 9.52. The van der Waals surface area contributed by atoms with Crippen LogP contribution in [-0.2, 0) is 0 Å². The van der Waals surface area contributed by atoms with E-state index in [0.29, 0.717) is 6.54 Å². The van der Waals surface area contributed by atoms with Crippen LogP contribution in [0.5, 0.6) is 0 Å². The third kappa shape index (κ3) is 4.07. The Labute approximate surface area is 76.5 Å². The second kappa shape index (κ2) is 5.55. The molecule has 0 aromatic rings. The van der Waals surface area contributed by atoms with Gasteiger partial charge in [-0.15, -0.1) is 0 Å². The van der Waals surface area contributed by atoms with Crippen molar-refractivity contribution in [3.8, 4) is 0 Å². The van der Waals surface area contributed by atoms with Gasteiger partial charge in [-0.25, -0.2) is 0 Å². The first-order chi connectivity index (χ1) is 5.54. The van der Waals surface area contributed by atoms with Gasteiger partial charge in [0.25, 0.3) is 0 Å². The molecule has 74 valence electrons. The first kappa shape index (κ1) is 11.9. The third-order valence-corrected chi connectivity index (χ3v) is 2.39. The SMILES string of the molecule is CCCCCC(C)(C)N(O)CC. The van der Waals surface area contributed by atoms with Crippen molar-refractivity contribution < 1.29 is 5.21 Å². The van der Waals surface area contributed by atoms with E-state index < -0.39 is 0 Å². The molecule has 12 heavy (non-hydrogen) atoms. The summed E-state index contributed by atoms with van der Waals surface area (Å²) in [5.41, 5.74) is -0.0517. The number of hydroxylamine groups is 2. The molecule has 0 aliphatic rings. The molecule has 0 aromatic carbocycles. The molecule has 0 bridgehead atoms. The number of rotatable bonds is 6. The van der Waals surface area contributed by atoms with Gasteiger partial charge in [0, 0.05) is 12.1 Å². The van der Waals surface area contributed by atoms with E-state index in [4.69, 9.17) is 0 Å². The first-order valence-corrected chi connectivity index (χ1v) is 5.01. The van der Waals surface area contributed by atoms with Gasteiger partial charge in [-0.3, -0.25) is 0 Å². The Morgan fingerprint density at radius 2 is 1.75 bits per heavy atom. The van der Waals surface area contributed by atoms with Gasteiger partial charge in [0.15, 0.2) is 0 Å². The van der Waals surface area contributed by atoms with Crippen LogP contribution < -0.4 is 0 Å². The van der Waals surface area contributed by atoms with Crippen molar-refractivity contribution in [2.45, 2.75) is 58.9 Å². The molecule has 0 saturated heterocycles. The second-order valence-corrected chi connectivity index (χ2v) is 3.99. The largest absolute Gasteiger partial charge is 0.313 e. The summed E-state index contributed by atoms with van der Waals surface area (Å²) in [6.07, 6.45) is 4.79. The molecule has 0 unspecified atom stereocenters. The van der Waals surface area contributed by atoms with E-state index in [9.17, 15) is 5.21 Å². The van der Waals surface area contributed by atoms with Crippen molar-refractivity contribution in [3.63, 3.8) is 0 Å². The fourth-order valence-corrected chi connectivity index (χ4v) is 1.36. The molecule has 0 heterocycles. The molecule has 0 amide bonds. The summed E-state index contributed by atoms with van der Waals surface area (Å²) in [7, 11) is 0. The molecule has 0 aliphatic heterocycles. The fourth-order valence-electron chi connectivity index (χ4n) is 1.36. The molecule has 1 N–H and O–H groups in total. The van der Waals surface area contributed by atoms with Crippen molar-refractivity contribution in [2.24, 2.45) is 0 Å². The maximum atomic E-state index is 9.52. The van der Waals surface area contributed by atoms with Crippen LogP contribution in [0.4, 0.5) is 0 Å². The van der Waals surface area contributed by atoms with Crippen LogP contribution in [0.1, 0.15) is 53.4 Å². The van der Waals surface area contributed by atoms with E-state index in [1.807, 2.05) is 6.92 Å². The Bertz CT molecular complexity index is 112. The molecule has 0 radical (unpaired) electrons. The Hall–Kier alpha value is -0.0800. The van der Waals surface area contributed by atoms with E-state index in [0.717, 1.165) is 6.42 Å². The van der Waals surface area contributed by atoms with Crippen molar-refractivity contribution in [1.29, 1.82) is 0 Å². The lowest BCUT2D eigenvalue weighted by molar-refractivity contribution is -0.161. The van der Waals surface area contributed by atoms with Gasteiger partial charge in [-0.1, -0.05) is 33.1 Å². The number of hydrogen-bond donors (Lipinski definition) is 1. The highest BCUT2D eigenvalue weighted by molar-refractivity contribution is 4.75. The van der Waals surface area contributed by atoms with E-state index in [1.165, 1.54) is 24.3 Å². The molecule has 0 atom stereocenters. The van der Waals surface area contributed by atoms with Gasteiger partial charge in [0.05, 0.1) is 0 Å². The molecule has 0 rings (SSSR count). The minimum absolute atomic E-state index is 0.0517.